The molecule has 1 rings (SSSR count). The van der Waals surface area contributed by atoms with Gasteiger partial charge >= 0.3 is 0 Å². The fourth-order valence-corrected chi connectivity index (χ4v) is 2.25. The van der Waals surface area contributed by atoms with Crippen molar-refractivity contribution in [3.05, 3.63) is 34.3 Å². The summed E-state index contributed by atoms with van der Waals surface area (Å²) in [6.07, 6.45) is 1.10. The normalized spacial score (nSPS) is 12.9. The van der Waals surface area contributed by atoms with Gasteiger partial charge in [0.05, 0.1) is 6.61 Å². The molecule has 0 fully saturated rings. The maximum Gasteiger partial charge on any atom is 0.0589 e. The highest BCUT2D eigenvalue weighted by Crippen LogP contribution is 2.19. The van der Waals surface area contributed by atoms with Gasteiger partial charge in [-0.3, -0.25) is 0 Å². The van der Waals surface area contributed by atoms with Crippen molar-refractivity contribution in [2.24, 2.45) is 0 Å². The summed E-state index contributed by atoms with van der Waals surface area (Å²) in [7, 11) is 3.87. The maximum atomic E-state index is 5.08. The molecule has 0 aliphatic rings. The van der Waals surface area contributed by atoms with E-state index >= 15 is 0 Å². The van der Waals surface area contributed by atoms with E-state index in [1.807, 2.05) is 0 Å². The molecule has 1 aromatic carbocycles. The van der Waals surface area contributed by atoms with Crippen molar-refractivity contribution in [2.45, 2.75) is 19.4 Å². The van der Waals surface area contributed by atoms with Crippen LogP contribution in [0, 0.1) is 0 Å². The second-order valence-electron chi connectivity index (χ2n) is 4.76. The molecule has 0 saturated heterocycles. The lowest BCUT2D eigenvalue weighted by molar-refractivity contribution is 0.161. The van der Waals surface area contributed by atoms with Gasteiger partial charge in [0.1, 0.15) is 0 Å². The molecule has 3 nitrogen and oxygen atoms in total. The van der Waals surface area contributed by atoms with Crippen LogP contribution < -0.4 is 5.32 Å². The maximum absolute atomic E-state index is 5.08. The minimum atomic E-state index is 0.434. The summed E-state index contributed by atoms with van der Waals surface area (Å²) in [6, 6.07) is 9.00. The largest absolute Gasteiger partial charge is 0.383 e. The van der Waals surface area contributed by atoms with Gasteiger partial charge in [-0.15, -0.1) is 0 Å². The zero-order chi connectivity index (χ0) is 14.1. The second-order valence-corrected chi connectivity index (χ2v) is 5.68. The Hall–Kier alpha value is -0.420. The number of rotatable bonds is 9. The summed E-state index contributed by atoms with van der Waals surface area (Å²) < 4.78 is 6.21. The van der Waals surface area contributed by atoms with Crippen LogP contribution >= 0.6 is 15.9 Å². The Balaban J connectivity index is 2.34. The van der Waals surface area contributed by atoms with Crippen LogP contribution in [0.25, 0.3) is 0 Å². The van der Waals surface area contributed by atoms with E-state index in [0.29, 0.717) is 6.04 Å². The van der Waals surface area contributed by atoms with E-state index in [2.05, 4.69) is 64.4 Å². The van der Waals surface area contributed by atoms with Crippen LogP contribution in [0.15, 0.2) is 28.7 Å². The van der Waals surface area contributed by atoms with Crippen molar-refractivity contribution in [2.75, 3.05) is 40.4 Å². The molecule has 1 aromatic rings. The molecule has 108 valence electrons. The molecule has 0 heterocycles. The minimum Gasteiger partial charge on any atom is -0.383 e. The van der Waals surface area contributed by atoms with Gasteiger partial charge in [-0.1, -0.05) is 35.0 Å². The van der Waals surface area contributed by atoms with E-state index in [1.165, 1.54) is 5.56 Å². The molecule has 1 N–H and O–H groups in total. The number of likely N-dealkylation sites (N-methyl/N-ethyl adjacent to an activating group) is 1. The van der Waals surface area contributed by atoms with Crippen LogP contribution in [0.2, 0.25) is 0 Å². The molecule has 4 heteroatoms. The SMILES string of the molecule is CCC(NCCN(C)CCOC)c1ccc(Br)cc1. The number of nitrogens with one attached hydrogen (secondary N) is 1. The monoisotopic (exact) mass is 328 g/mol. The fourth-order valence-electron chi connectivity index (χ4n) is 1.98. The third-order valence-electron chi connectivity index (χ3n) is 3.24. The summed E-state index contributed by atoms with van der Waals surface area (Å²) in [6.45, 7) is 6.02. The number of hydrogen-bond donors (Lipinski definition) is 1. The lowest BCUT2D eigenvalue weighted by Crippen LogP contribution is -2.33. The van der Waals surface area contributed by atoms with E-state index in [9.17, 15) is 0 Å². The first-order chi connectivity index (χ1) is 9.17. The average Bonchev–Trinajstić information content (AvgIpc) is 2.42. The zero-order valence-electron chi connectivity index (χ0n) is 12.2. The molecule has 0 bridgehead atoms. The zero-order valence-corrected chi connectivity index (χ0v) is 13.7. The highest BCUT2D eigenvalue weighted by atomic mass is 79.9. The Morgan fingerprint density at radius 1 is 1.26 bits per heavy atom. The number of hydrogen-bond acceptors (Lipinski definition) is 3. The Labute approximate surface area is 125 Å². The van der Waals surface area contributed by atoms with Gasteiger partial charge in [0.25, 0.3) is 0 Å². The first kappa shape index (κ1) is 16.6. The number of nitrogens with zero attached hydrogens (tertiary/aromatic N) is 1. The highest BCUT2D eigenvalue weighted by molar-refractivity contribution is 9.10. The van der Waals surface area contributed by atoms with Gasteiger partial charge in [0, 0.05) is 37.3 Å². The highest BCUT2D eigenvalue weighted by Gasteiger charge is 2.08. The van der Waals surface area contributed by atoms with Gasteiger partial charge in [-0.2, -0.15) is 0 Å². The summed E-state index contributed by atoms with van der Waals surface area (Å²) in [4.78, 5) is 2.28. The first-order valence-electron chi connectivity index (χ1n) is 6.83. The second kappa shape index (κ2) is 9.48. The van der Waals surface area contributed by atoms with E-state index < -0.39 is 0 Å². The van der Waals surface area contributed by atoms with E-state index in [4.69, 9.17) is 4.74 Å². The smallest absolute Gasteiger partial charge is 0.0589 e. The quantitative estimate of drug-likeness (QED) is 0.754. The third kappa shape index (κ3) is 6.52. The molecule has 19 heavy (non-hydrogen) atoms. The van der Waals surface area contributed by atoms with Crippen molar-refractivity contribution >= 4 is 15.9 Å². The first-order valence-corrected chi connectivity index (χ1v) is 7.63. The molecule has 0 spiro atoms. The molecular weight excluding hydrogens is 304 g/mol. The molecule has 0 saturated carbocycles. The molecule has 0 aromatic heterocycles. The summed E-state index contributed by atoms with van der Waals surface area (Å²) >= 11 is 3.47. The van der Waals surface area contributed by atoms with Gasteiger partial charge in [0.15, 0.2) is 0 Å². The Morgan fingerprint density at radius 2 is 1.95 bits per heavy atom. The number of benzene rings is 1. The molecular formula is C15H25BrN2O. The molecule has 1 atom stereocenters. The standard InChI is InChI=1S/C15H25BrN2O/c1-4-15(13-5-7-14(16)8-6-13)17-9-10-18(2)11-12-19-3/h5-8,15,17H,4,9-12H2,1-3H3. The van der Waals surface area contributed by atoms with Crippen LogP contribution in [0.1, 0.15) is 24.9 Å². The topological polar surface area (TPSA) is 24.5 Å². The minimum absolute atomic E-state index is 0.434. The lowest BCUT2D eigenvalue weighted by Gasteiger charge is -2.21. The van der Waals surface area contributed by atoms with Crippen LogP contribution in [-0.2, 0) is 4.74 Å². The Bertz CT molecular complexity index is 343. The van der Waals surface area contributed by atoms with Crippen molar-refractivity contribution in [1.29, 1.82) is 0 Å². The van der Waals surface area contributed by atoms with E-state index in [0.717, 1.165) is 37.1 Å². The molecule has 0 aliphatic heterocycles. The van der Waals surface area contributed by atoms with E-state index in [1.54, 1.807) is 7.11 Å². The fraction of sp³-hybridized carbons (Fsp3) is 0.600. The Morgan fingerprint density at radius 3 is 2.53 bits per heavy atom. The molecule has 0 aliphatic carbocycles. The van der Waals surface area contributed by atoms with E-state index in [-0.39, 0.29) is 0 Å². The van der Waals surface area contributed by atoms with Crippen LogP contribution in [-0.4, -0.2) is 45.3 Å². The van der Waals surface area contributed by atoms with Crippen LogP contribution in [0.4, 0.5) is 0 Å². The number of ether oxygens (including phenoxy) is 1. The van der Waals surface area contributed by atoms with Gasteiger partial charge in [0.2, 0.25) is 0 Å². The summed E-state index contributed by atoms with van der Waals surface area (Å²) in [5, 5.41) is 3.61. The van der Waals surface area contributed by atoms with Crippen molar-refractivity contribution in [3.8, 4) is 0 Å². The predicted molar refractivity (Wildman–Crippen MR) is 84.5 cm³/mol. The van der Waals surface area contributed by atoms with Crippen molar-refractivity contribution < 1.29 is 4.74 Å². The average molecular weight is 329 g/mol. The molecule has 0 radical (unpaired) electrons. The summed E-state index contributed by atoms with van der Waals surface area (Å²) in [5.41, 5.74) is 1.35. The van der Waals surface area contributed by atoms with Crippen molar-refractivity contribution in [3.63, 3.8) is 0 Å². The van der Waals surface area contributed by atoms with Crippen LogP contribution in [0.3, 0.4) is 0 Å². The van der Waals surface area contributed by atoms with Crippen molar-refractivity contribution in [1.82, 2.24) is 10.2 Å². The van der Waals surface area contributed by atoms with Gasteiger partial charge < -0.3 is 15.0 Å². The van der Waals surface area contributed by atoms with Crippen LogP contribution in [0.5, 0.6) is 0 Å². The van der Waals surface area contributed by atoms with Gasteiger partial charge in [-0.25, -0.2) is 0 Å². The number of halogens is 1. The third-order valence-corrected chi connectivity index (χ3v) is 3.77. The number of methoxy groups -OCH3 is 1. The summed E-state index contributed by atoms with van der Waals surface area (Å²) in [5.74, 6) is 0. The Kier molecular flexibility index (Phi) is 8.30. The lowest BCUT2D eigenvalue weighted by atomic mass is 10.0. The molecule has 1 unspecified atom stereocenters. The molecule has 0 amide bonds. The predicted octanol–water partition coefficient (Wildman–Crippen LogP) is 3.07. The van der Waals surface area contributed by atoms with Gasteiger partial charge in [-0.05, 0) is 31.2 Å².